The Morgan fingerprint density at radius 1 is 0.889 bits per heavy atom. The highest BCUT2D eigenvalue weighted by molar-refractivity contribution is 6.26. The smallest absolute Gasteiger partial charge is 0.344 e. The van der Waals surface area contributed by atoms with Crippen molar-refractivity contribution < 1.29 is 19.7 Å². The van der Waals surface area contributed by atoms with E-state index in [1.165, 1.54) is 12.1 Å². The third-order valence-electron chi connectivity index (χ3n) is 4.74. The number of phenolic OH excluding ortho intramolecular Hbond substituents is 2. The number of phenols is 2. The van der Waals surface area contributed by atoms with E-state index < -0.39 is 5.97 Å². The molecule has 1 aliphatic heterocycles. The van der Waals surface area contributed by atoms with E-state index in [-0.39, 0.29) is 16.6 Å². The monoisotopic (exact) mass is 366 g/mol. The van der Waals surface area contributed by atoms with Crippen molar-refractivity contribution in [3.05, 3.63) is 52.6 Å². The quantitative estimate of drug-likeness (QED) is 0.416. The largest absolute Gasteiger partial charge is 0.508 e. The summed E-state index contributed by atoms with van der Waals surface area (Å²) in [6, 6.07) is 8.42. The molecule has 3 rings (SSSR count). The molecule has 1 aliphatic rings. The molecule has 0 bridgehead atoms. The molecule has 4 heteroatoms. The molecule has 0 saturated heterocycles. The van der Waals surface area contributed by atoms with Gasteiger partial charge in [-0.3, -0.25) is 0 Å². The van der Waals surface area contributed by atoms with Crippen molar-refractivity contribution in [3.8, 4) is 17.2 Å². The van der Waals surface area contributed by atoms with Crippen molar-refractivity contribution in [1.29, 1.82) is 0 Å². The third kappa shape index (κ3) is 3.57. The van der Waals surface area contributed by atoms with Crippen molar-refractivity contribution in [2.75, 3.05) is 0 Å². The summed E-state index contributed by atoms with van der Waals surface area (Å²) < 4.78 is 5.30. The van der Waals surface area contributed by atoms with Gasteiger partial charge in [-0.15, -0.1) is 0 Å². The molecule has 142 valence electrons. The summed E-state index contributed by atoms with van der Waals surface area (Å²) in [6.45, 7) is 12.3. The fourth-order valence-corrected chi connectivity index (χ4v) is 3.27. The first-order valence-electron chi connectivity index (χ1n) is 9.03. The summed E-state index contributed by atoms with van der Waals surface area (Å²) in [4.78, 5) is 12.4. The zero-order valence-corrected chi connectivity index (χ0v) is 16.7. The molecule has 0 aliphatic carbocycles. The van der Waals surface area contributed by atoms with Gasteiger partial charge < -0.3 is 14.9 Å². The number of aromatic hydroxyl groups is 2. The topological polar surface area (TPSA) is 66.8 Å². The van der Waals surface area contributed by atoms with Crippen LogP contribution in [0.1, 0.15) is 63.8 Å². The molecule has 2 aromatic carbocycles. The minimum atomic E-state index is -0.446. The van der Waals surface area contributed by atoms with Crippen molar-refractivity contribution in [3.63, 3.8) is 0 Å². The Morgan fingerprint density at radius 2 is 1.44 bits per heavy atom. The summed E-state index contributed by atoms with van der Waals surface area (Å²) in [7, 11) is 0. The second-order valence-electron chi connectivity index (χ2n) is 9.09. The number of carbonyl (C=O) groups is 1. The summed E-state index contributed by atoms with van der Waals surface area (Å²) in [5.41, 5.74) is 2.91. The molecule has 0 unspecified atom stereocenters. The number of carbonyl (C=O) groups excluding carboxylic acids is 1. The van der Waals surface area contributed by atoms with Crippen molar-refractivity contribution in [1.82, 2.24) is 0 Å². The Labute approximate surface area is 160 Å². The lowest BCUT2D eigenvalue weighted by molar-refractivity contribution is -0.126. The molecule has 2 aromatic rings. The summed E-state index contributed by atoms with van der Waals surface area (Å²) in [6.07, 6.45) is 1.76. The summed E-state index contributed by atoms with van der Waals surface area (Å²) in [5, 5.41) is 20.6. The highest BCUT2D eigenvalue weighted by Crippen LogP contribution is 2.42. The Bertz CT molecular complexity index is 918. The number of hydrogen-bond donors (Lipinski definition) is 2. The number of benzene rings is 2. The predicted octanol–water partition coefficient (Wildman–Crippen LogP) is 5.15. The van der Waals surface area contributed by atoms with Gasteiger partial charge in [0.2, 0.25) is 0 Å². The Kier molecular flexibility index (Phi) is 4.34. The number of hydrogen-bond acceptors (Lipinski definition) is 4. The molecular formula is C23H26O4. The van der Waals surface area contributed by atoms with Crippen LogP contribution in [0.25, 0.3) is 11.6 Å². The molecule has 0 saturated carbocycles. The Morgan fingerprint density at radius 3 is 1.96 bits per heavy atom. The van der Waals surface area contributed by atoms with Gasteiger partial charge >= 0.3 is 5.97 Å². The molecule has 0 atom stereocenters. The van der Waals surface area contributed by atoms with Crippen LogP contribution >= 0.6 is 0 Å². The zero-order valence-electron chi connectivity index (χ0n) is 16.7. The van der Waals surface area contributed by atoms with Crippen LogP contribution in [0, 0.1) is 0 Å². The van der Waals surface area contributed by atoms with Crippen LogP contribution < -0.4 is 4.74 Å². The lowest BCUT2D eigenvalue weighted by atomic mass is 9.78. The van der Waals surface area contributed by atoms with E-state index in [0.29, 0.717) is 22.6 Å². The third-order valence-corrected chi connectivity index (χ3v) is 4.74. The molecule has 2 N–H and O–H groups in total. The van der Waals surface area contributed by atoms with Crippen LogP contribution in [-0.4, -0.2) is 16.2 Å². The van der Waals surface area contributed by atoms with E-state index >= 15 is 0 Å². The molecule has 0 fully saturated rings. The van der Waals surface area contributed by atoms with Crippen LogP contribution in [0.4, 0.5) is 0 Å². The fourth-order valence-electron chi connectivity index (χ4n) is 3.27. The van der Waals surface area contributed by atoms with Crippen LogP contribution in [0.2, 0.25) is 0 Å². The van der Waals surface area contributed by atoms with E-state index in [9.17, 15) is 15.0 Å². The first kappa shape index (κ1) is 19.0. The molecule has 0 radical (unpaired) electrons. The maximum absolute atomic E-state index is 12.4. The Balaban J connectivity index is 2.23. The molecule has 0 aromatic heterocycles. The van der Waals surface area contributed by atoms with Gasteiger partial charge in [-0.05, 0) is 52.8 Å². The van der Waals surface area contributed by atoms with Gasteiger partial charge in [0, 0.05) is 16.7 Å². The average molecular weight is 366 g/mol. The molecule has 0 spiro atoms. The second kappa shape index (κ2) is 6.15. The standard InChI is InChI=1S/C23H26O4/c1-22(2,3)17-10-13(11-18(20(17)25)23(4,5)6)9-16-15-12-14(24)7-8-19(15)27-21(16)26/h7-12,24-25H,1-6H3/b16-9-. The second-order valence-corrected chi connectivity index (χ2v) is 9.09. The predicted molar refractivity (Wildman–Crippen MR) is 107 cm³/mol. The number of fused-ring (bicyclic) bond motifs is 1. The normalized spacial score (nSPS) is 15.8. The van der Waals surface area contributed by atoms with Gasteiger partial charge in [0.1, 0.15) is 17.2 Å². The van der Waals surface area contributed by atoms with Crippen LogP contribution in [0.5, 0.6) is 17.2 Å². The highest BCUT2D eigenvalue weighted by atomic mass is 16.5. The van der Waals surface area contributed by atoms with Crippen LogP contribution in [0.15, 0.2) is 30.3 Å². The van der Waals surface area contributed by atoms with E-state index in [0.717, 1.165) is 16.7 Å². The molecule has 0 amide bonds. The maximum atomic E-state index is 12.4. The highest BCUT2D eigenvalue weighted by Gasteiger charge is 2.29. The van der Waals surface area contributed by atoms with Crippen LogP contribution in [0.3, 0.4) is 0 Å². The lowest BCUT2D eigenvalue weighted by Crippen LogP contribution is -2.17. The van der Waals surface area contributed by atoms with E-state index in [4.69, 9.17) is 4.74 Å². The summed E-state index contributed by atoms with van der Waals surface area (Å²) in [5.74, 6) is 0.367. The lowest BCUT2D eigenvalue weighted by Gasteiger charge is -2.28. The Hall–Kier alpha value is -2.75. The molecule has 1 heterocycles. The van der Waals surface area contributed by atoms with E-state index in [1.807, 2.05) is 53.7 Å². The van der Waals surface area contributed by atoms with Crippen molar-refractivity contribution in [2.45, 2.75) is 52.4 Å². The number of ether oxygens (including phenoxy) is 1. The van der Waals surface area contributed by atoms with Gasteiger partial charge in [-0.2, -0.15) is 0 Å². The fraction of sp³-hybridized carbons (Fsp3) is 0.348. The van der Waals surface area contributed by atoms with Gasteiger partial charge in [0.15, 0.2) is 0 Å². The maximum Gasteiger partial charge on any atom is 0.344 e. The summed E-state index contributed by atoms with van der Waals surface area (Å²) >= 11 is 0. The average Bonchev–Trinajstić information content (AvgIpc) is 2.82. The number of rotatable bonds is 1. The van der Waals surface area contributed by atoms with Gasteiger partial charge in [-0.1, -0.05) is 41.5 Å². The SMILES string of the molecule is CC(C)(C)c1cc(/C=C2\C(=O)Oc3ccc(O)cc32)cc(C(C)(C)C)c1O. The first-order valence-corrected chi connectivity index (χ1v) is 9.03. The van der Waals surface area contributed by atoms with Gasteiger partial charge in [-0.25, -0.2) is 4.79 Å². The van der Waals surface area contributed by atoms with E-state index in [2.05, 4.69) is 0 Å². The number of esters is 1. The first-order chi connectivity index (χ1) is 12.4. The minimum absolute atomic E-state index is 0.0782. The van der Waals surface area contributed by atoms with Crippen LogP contribution in [-0.2, 0) is 15.6 Å². The molecular weight excluding hydrogens is 340 g/mol. The van der Waals surface area contributed by atoms with E-state index in [1.54, 1.807) is 12.1 Å². The zero-order chi connectivity index (χ0) is 20.1. The minimum Gasteiger partial charge on any atom is -0.508 e. The van der Waals surface area contributed by atoms with Gasteiger partial charge in [0.25, 0.3) is 0 Å². The molecule has 4 nitrogen and oxygen atoms in total. The van der Waals surface area contributed by atoms with Gasteiger partial charge in [0.05, 0.1) is 5.57 Å². The van der Waals surface area contributed by atoms with Crippen molar-refractivity contribution >= 4 is 17.6 Å². The molecule has 27 heavy (non-hydrogen) atoms. The van der Waals surface area contributed by atoms with Crippen molar-refractivity contribution in [2.24, 2.45) is 0 Å².